The van der Waals surface area contributed by atoms with E-state index in [0.717, 1.165) is 0 Å². The molecule has 2 aliphatic carbocycles. The average Bonchev–Trinajstić information content (AvgIpc) is 2.74. The first-order valence-electron chi connectivity index (χ1n) is 3.97. The summed E-state index contributed by atoms with van der Waals surface area (Å²) in [5.41, 5.74) is 0. The number of rotatable bonds is 3. The molecule has 0 aromatic carbocycles. The quantitative estimate of drug-likeness (QED) is 0.466. The van der Waals surface area contributed by atoms with Crippen molar-refractivity contribution in [1.82, 2.24) is 0 Å². The molecule has 0 bridgehead atoms. The first-order chi connectivity index (χ1) is 5.95. The van der Waals surface area contributed by atoms with Gasteiger partial charge in [-0.3, -0.25) is 0 Å². The summed E-state index contributed by atoms with van der Waals surface area (Å²) in [5, 5.41) is 0. The lowest BCUT2D eigenvalue weighted by Crippen LogP contribution is -2.11. The molecule has 0 aliphatic heterocycles. The van der Waals surface area contributed by atoms with E-state index < -0.39 is 0 Å². The van der Waals surface area contributed by atoms with Gasteiger partial charge in [0.15, 0.2) is 0 Å². The highest BCUT2D eigenvalue weighted by Crippen LogP contribution is 2.10. The fourth-order valence-electron chi connectivity index (χ4n) is 1.08. The lowest BCUT2D eigenvalue weighted by Gasteiger charge is -2.09. The van der Waals surface area contributed by atoms with E-state index in [4.69, 9.17) is 9.78 Å². The van der Waals surface area contributed by atoms with Crippen LogP contribution < -0.4 is 0 Å². The molecule has 12 heavy (non-hydrogen) atoms. The van der Waals surface area contributed by atoms with E-state index in [1.165, 1.54) is 0 Å². The van der Waals surface area contributed by atoms with Crippen LogP contribution in [0.2, 0.25) is 0 Å². The van der Waals surface area contributed by atoms with Gasteiger partial charge in [0, 0.05) is 0 Å². The van der Waals surface area contributed by atoms with E-state index in [-0.39, 0.29) is 12.2 Å². The molecule has 2 heteroatoms. The Hall–Kier alpha value is -1.12. The van der Waals surface area contributed by atoms with Gasteiger partial charge in [0.05, 0.1) is 0 Å². The third-order valence-corrected chi connectivity index (χ3v) is 1.70. The Balaban J connectivity index is 1.74. The molecule has 0 aromatic rings. The highest BCUT2D eigenvalue weighted by atomic mass is 17.2. The minimum absolute atomic E-state index is 0.0209. The molecular weight excluding hydrogens is 152 g/mol. The molecule has 62 valence electrons. The van der Waals surface area contributed by atoms with E-state index in [2.05, 4.69) is 0 Å². The Morgan fingerprint density at radius 3 is 1.25 bits per heavy atom. The smallest absolute Gasteiger partial charge is 0.130 e. The minimum atomic E-state index is -0.0209. The van der Waals surface area contributed by atoms with Crippen molar-refractivity contribution in [1.29, 1.82) is 0 Å². The van der Waals surface area contributed by atoms with Gasteiger partial charge < -0.3 is 0 Å². The molecule has 0 fully saturated rings. The average molecular weight is 162 g/mol. The third-order valence-electron chi connectivity index (χ3n) is 1.70. The second-order valence-corrected chi connectivity index (χ2v) is 2.66. The van der Waals surface area contributed by atoms with Gasteiger partial charge in [0.25, 0.3) is 0 Å². The summed E-state index contributed by atoms with van der Waals surface area (Å²) in [4.78, 5) is 10.2. The number of hydrogen-bond donors (Lipinski definition) is 0. The van der Waals surface area contributed by atoms with Crippen molar-refractivity contribution in [2.24, 2.45) is 0 Å². The molecule has 0 spiro atoms. The predicted molar refractivity (Wildman–Crippen MR) is 46.3 cm³/mol. The Bertz CT molecular complexity index is 209. The Labute approximate surface area is 71.4 Å². The molecule has 0 unspecified atom stereocenters. The van der Waals surface area contributed by atoms with Crippen LogP contribution in [-0.2, 0) is 9.78 Å². The van der Waals surface area contributed by atoms with Crippen molar-refractivity contribution in [3.8, 4) is 0 Å². The summed E-state index contributed by atoms with van der Waals surface area (Å²) >= 11 is 0. The van der Waals surface area contributed by atoms with Crippen LogP contribution in [0.3, 0.4) is 0 Å². The summed E-state index contributed by atoms with van der Waals surface area (Å²) < 4.78 is 0. The van der Waals surface area contributed by atoms with Crippen LogP contribution in [0.15, 0.2) is 48.6 Å². The normalized spacial score (nSPS) is 21.7. The zero-order valence-corrected chi connectivity index (χ0v) is 6.59. The van der Waals surface area contributed by atoms with Crippen molar-refractivity contribution >= 4 is 0 Å². The minimum Gasteiger partial charge on any atom is -0.224 e. The van der Waals surface area contributed by atoms with Crippen LogP contribution >= 0.6 is 0 Å². The first kappa shape index (κ1) is 7.53. The van der Waals surface area contributed by atoms with Crippen molar-refractivity contribution in [3.63, 3.8) is 0 Å². The van der Waals surface area contributed by atoms with Crippen molar-refractivity contribution in [2.75, 3.05) is 0 Å². The molecule has 2 rings (SSSR count). The van der Waals surface area contributed by atoms with E-state index in [0.29, 0.717) is 0 Å². The molecule has 0 atom stereocenters. The molecule has 0 saturated heterocycles. The van der Waals surface area contributed by atoms with Gasteiger partial charge in [-0.15, -0.1) is 0 Å². The van der Waals surface area contributed by atoms with Gasteiger partial charge >= 0.3 is 0 Å². The van der Waals surface area contributed by atoms with Gasteiger partial charge in [-0.1, -0.05) is 24.3 Å². The highest BCUT2D eigenvalue weighted by Gasteiger charge is 2.09. The summed E-state index contributed by atoms with van der Waals surface area (Å²) in [5.74, 6) is 0. The van der Waals surface area contributed by atoms with Gasteiger partial charge in [-0.2, -0.15) is 0 Å². The molecule has 2 nitrogen and oxygen atoms in total. The third kappa shape index (κ3) is 1.72. The first-order valence-corrected chi connectivity index (χ1v) is 3.97. The Morgan fingerprint density at radius 1 is 0.583 bits per heavy atom. The van der Waals surface area contributed by atoms with Crippen LogP contribution in [0.1, 0.15) is 0 Å². The van der Waals surface area contributed by atoms with Gasteiger partial charge in [-0.05, 0) is 24.3 Å². The lowest BCUT2D eigenvalue weighted by molar-refractivity contribution is -0.313. The second-order valence-electron chi connectivity index (χ2n) is 2.66. The monoisotopic (exact) mass is 162 g/mol. The summed E-state index contributed by atoms with van der Waals surface area (Å²) in [6, 6.07) is 0. The van der Waals surface area contributed by atoms with Crippen LogP contribution in [-0.4, -0.2) is 12.2 Å². The van der Waals surface area contributed by atoms with Gasteiger partial charge in [0.2, 0.25) is 0 Å². The van der Waals surface area contributed by atoms with Crippen LogP contribution in [0.5, 0.6) is 0 Å². The van der Waals surface area contributed by atoms with E-state index in [9.17, 15) is 0 Å². The van der Waals surface area contributed by atoms with Crippen LogP contribution in [0, 0.1) is 0 Å². The molecule has 0 radical (unpaired) electrons. The van der Waals surface area contributed by atoms with Crippen molar-refractivity contribution < 1.29 is 9.78 Å². The Morgan fingerprint density at radius 2 is 0.917 bits per heavy atom. The summed E-state index contributed by atoms with van der Waals surface area (Å²) in [6.07, 6.45) is 15.4. The molecule has 0 aromatic heterocycles. The highest BCUT2D eigenvalue weighted by molar-refractivity contribution is 5.20. The van der Waals surface area contributed by atoms with Crippen molar-refractivity contribution in [3.05, 3.63) is 48.6 Å². The van der Waals surface area contributed by atoms with Crippen LogP contribution in [0.4, 0.5) is 0 Å². The number of hydrogen-bond acceptors (Lipinski definition) is 2. The topological polar surface area (TPSA) is 18.5 Å². The molecule has 0 saturated carbocycles. The zero-order valence-electron chi connectivity index (χ0n) is 6.59. The molecular formula is C10H10O2. The fraction of sp³-hybridized carbons (Fsp3) is 0.200. The fourth-order valence-corrected chi connectivity index (χ4v) is 1.08. The number of allylic oxidation sites excluding steroid dienone is 4. The van der Waals surface area contributed by atoms with Gasteiger partial charge in [0.1, 0.15) is 12.2 Å². The maximum absolute atomic E-state index is 5.11. The zero-order chi connectivity index (χ0) is 8.23. The van der Waals surface area contributed by atoms with Crippen molar-refractivity contribution in [2.45, 2.75) is 12.2 Å². The van der Waals surface area contributed by atoms with E-state index in [1.54, 1.807) is 0 Å². The van der Waals surface area contributed by atoms with Gasteiger partial charge in [-0.25, -0.2) is 9.78 Å². The SMILES string of the molecule is C1=CC(OOC2C=CC=C2)C=C1. The lowest BCUT2D eigenvalue weighted by atomic mass is 10.4. The predicted octanol–water partition coefficient (Wildman–Crippen LogP) is 1.92. The Kier molecular flexibility index (Phi) is 2.21. The standard InChI is InChI=1S/C10H10O2/c1-2-6-9(5-1)11-12-10-7-3-4-8-10/h1-10H. The van der Waals surface area contributed by atoms with E-state index >= 15 is 0 Å². The summed E-state index contributed by atoms with van der Waals surface area (Å²) in [7, 11) is 0. The maximum Gasteiger partial charge on any atom is 0.130 e. The van der Waals surface area contributed by atoms with Crippen LogP contribution in [0.25, 0.3) is 0 Å². The molecule has 0 heterocycles. The summed E-state index contributed by atoms with van der Waals surface area (Å²) in [6.45, 7) is 0. The molecule has 2 aliphatic rings. The largest absolute Gasteiger partial charge is 0.224 e. The molecule has 0 N–H and O–H groups in total. The van der Waals surface area contributed by atoms with E-state index in [1.807, 2.05) is 48.6 Å². The maximum atomic E-state index is 5.11. The molecule has 0 amide bonds. The second kappa shape index (κ2) is 3.52.